The number of rotatable bonds is 2. The minimum Gasteiger partial charge on any atom is -0.292 e. The van der Waals surface area contributed by atoms with Crippen molar-refractivity contribution in [2.75, 3.05) is 32.7 Å². The maximum atomic E-state index is 11.9. The summed E-state index contributed by atoms with van der Waals surface area (Å²) >= 11 is 0. The summed E-state index contributed by atoms with van der Waals surface area (Å²) in [5.74, 6) is 0. The van der Waals surface area contributed by atoms with Crippen molar-refractivity contribution in [3.05, 3.63) is 0 Å². The Balaban J connectivity index is 2.43. The third-order valence-corrected chi connectivity index (χ3v) is 3.08. The number of hydrogen-bond acceptors (Lipinski definition) is 3. The SMILES string of the molecule is O=S(=O)(O)N1CCN(CC(F)(F)F)CC1. The van der Waals surface area contributed by atoms with Crippen molar-refractivity contribution in [2.45, 2.75) is 6.18 Å². The quantitative estimate of drug-likeness (QED) is 0.697. The lowest BCUT2D eigenvalue weighted by atomic mass is 10.3. The molecule has 1 aliphatic rings. The van der Waals surface area contributed by atoms with Crippen molar-refractivity contribution in [1.82, 2.24) is 9.21 Å². The van der Waals surface area contributed by atoms with Crippen LogP contribution < -0.4 is 0 Å². The molecule has 9 heteroatoms. The van der Waals surface area contributed by atoms with Gasteiger partial charge in [-0.3, -0.25) is 9.45 Å². The average molecular weight is 248 g/mol. The van der Waals surface area contributed by atoms with E-state index in [1.54, 1.807) is 0 Å². The van der Waals surface area contributed by atoms with Crippen molar-refractivity contribution in [2.24, 2.45) is 0 Å². The fourth-order valence-electron chi connectivity index (χ4n) is 1.37. The predicted molar refractivity (Wildman–Crippen MR) is 45.6 cm³/mol. The summed E-state index contributed by atoms with van der Waals surface area (Å²) in [6, 6.07) is 0. The second-order valence-corrected chi connectivity index (χ2v) is 4.68. The molecule has 1 fully saturated rings. The zero-order valence-corrected chi connectivity index (χ0v) is 8.55. The largest absolute Gasteiger partial charge is 0.401 e. The summed E-state index contributed by atoms with van der Waals surface area (Å²) in [5.41, 5.74) is 0. The van der Waals surface area contributed by atoms with Gasteiger partial charge in [-0.15, -0.1) is 0 Å². The molecule has 15 heavy (non-hydrogen) atoms. The summed E-state index contributed by atoms with van der Waals surface area (Å²) in [6.45, 7) is -1.34. The second-order valence-electron chi connectivity index (χ2n) is 3.27. The summed E-state index contributed by atoms with van der Waals surface area (Å²) in [6.07, 6.45) is -4.28. The van der Waals surface area contributed by atoms with Crippen LogP contribution in [0.25, 0.3) is 0 Å². The minimum absolute atomic E-state index is 0.0285. The Morgan fingerprint density at radius 1 is 1.13 bits per heavy atom. The van der Waals surface area contributed by atoms with E-state index in [-0.39, 0.29) is 26.2 Å². The summed E-state index contributed by atoms with van der Waals surface area (Å²) in [5, 5.41) is 0. The van der Waals surface area contributed by atoms with Gasteiger partial charge in [-0.05, 0) is 0 Å². The van der Waals surface area contributed by atoms with Crippen LogP contribution in [0.2, 0.25) is 0 Å². The van der Waals surface area contributed by atoms with Crippen LogP contribution >= 0.6 is 0 Å². The second kappa shape index (κ2) is 4.24. The lowest BCUT2D eigenvalue weighted by molar-refractivity contribution is -0.148. The van der Waals surface area contributed by atoms with Crippen LogP contribution in [0.4, 0.5) is 13.2 Å². The molecule has 0 radical (unpaired) electrons. The predicted octanol–water partition coefficient (Wildman–Crippen LogP) is -0.0309. The fourth-order valence-corrected chi connectivity index (χ4v) is 2.00. The van der Waals surface area contributed by atoms with Crippen molar-refractivity contribution >= 4 is 10.3 Å². The Labute approximate surface area is 85.3 Å². The van der Waals surface area contributed by atoms with Crippen molar-refractivity contribution in [1.29, 1.82) is 0 Å². The molecule has 0 bridgehead atoms. The fraction of sp³-hybridized carbons (Fsp3) is 1.00. The van der Waals surface area contributed by atoms with Crippen LogP contribution in [0.15, 0.2) is 0 Å². The zero-order valence-electron chi connectivity index (χ0n) is 7.74. The van der Waals surface area contributed by atoms with Gasteiger partial charge in [0.05, 0.1) is 6.54 Å². The molecule has 1 rings (SSSR count). The lowest BCUT2D eigenvalue weighted by Gasteiger charge is -2.32. The van der Waals surface area contributed by atoms with Gasteiger partial charge >= 0.3 is 16.5 Å². The van der Waals surface area contributed by atoms with E-state index in [2.05, 4.69) is 0 Å². The highest BCUT2D eigenvalue weighted by Gasteiger charge is 2.33. The molecule has 0 saturated carbocycles. The van der Waals surface area contributed by atoms with Gasteiger partial charge in [0, 0.05) is 26.2 Å². The maximum Gasteiger partial charge on any atom is 0.401 e. The van der Waals surface area contributed by atoms with E-state index in [0.717, 1.165) is 9.21 Å². The van der Waals surface area contributed by atoms with E-state index in [0.29, 0.717) is 0 Å². The smallest absolute Gasteiger partial charge is 0.292 e. The normalized spacial score (nSPS) is 21.9. The number of halogens is 3. The van der Waals surface area contributed by atoms with Gasteiger partial charge in [-0.1, -0.05) is 0 Å². The van der Waals surface area contributed by atoms with Gasteiger partial charge in [0.25, 0.3) is 0 Å². The molecule has 0 aromatic rings. The van der Waals surface area contributed by atoms with Gasteiger partial charge in [0.15, 0.2) is 0 Å². The minimum atomic E-state index is -4.28. The topological polar surface area (TPSA) is 60.9 Å². The van der Waals surface area contributed by atoms with Gasteiger partial charge in [-0.25, -0.2) is 0 Å². The Hall–Kier alpha value is -0.380. The standard InChI is InChI=1S/C6H11F3N2O3S/c7-6(8,9)5-10-1-3-11(4-2-10)15(12,13)14/h1-5H2,(H,12,13,14). The molecule has 90 valence electrons. The molecule has 0 aromatic heterocycles. The van der Waals surface area contributed by atoms with E-state index >= 15 is 0 Å². The Kier molecular flexibility index (Phi) is 3.59. The first-order valence-electron chi connectivity index (χ1n) is 4.20. The molecule has 0 amide bonds. The number of nitrogens with zero attached hydrogens (tertiary/aromatic N) is 2. The van der Waals surface area contributed by atoms with Crippen molar-refractivity contribution in [3.63, 3.8) is 0 Å². The van der Waals surface area contributed by atoms with E-state index in [9.17, 15) is 21.6 Å². The number of hydrogen-bond donors (Lipinski definition) is 1. The first-order valence-corrected chi connectivity index (χ1v) is 5.60. The van der Waals surface area contributed by atoms with Crippen LogP contribution in [-0.2, 0) is 10.3 Å². The monoisotopic (exact) mass is 248 g/mol. The summed E-state index contributed by atoms with van der Waals surface area (Å²) in [7, 11) is -4.27. The molecule has 0 spiro atoms. The average Bonchev–Trinajstić information content (AvgIpc) is 2.00. The van der Waals surface area contributed by atoms with E-state index in [1.807, 2.05) is 0 Å². The molecule has 1 saturated heterocycles. The zero-order chi connectivity index (χ0) is 11.7. The highest BCUT2D eigenvalue weighted by molar-refractivity contribution is 7.83. The van der Waals surface area contributed by atoms with Crippen molar-refractivity contribution < 1.29 is 26.1 Å². The van der Waals surface area contributed by atoms with Crippen molar-refractivity contribution in [3.8, 4) is 0 Å². The van der Waals surface area contributed by atoms with Crippen LogP contribution in [0.5, 0.6) is 0 Å². The van der Waals surface area contributed by atoms with Crippen LogP contribution in [0, 0.1) is 0 Å². The molecule has 0 aliphatic carbocycles. The molecule has 0 aromatic carbocycles. The highest BCUT2D eigenvalue weighted by atomic mass is 32.2. The van der Waals surface area contributed by atoms with Gasteiger partial charge in [0.1, 0.15) is 0 Å². The summed E-state index contributed by atoms with van der Waals surface area (Å²) < 4.78 is 66.5. The molecule has 1 heterocycles. The first-order chi connectivity index (χ1) is 6.68. The van der Waals surface area contributed by atoms with E-state index < -0.39 is 23.0 Å². The maximum absolute atomic E-state index is 11.9. The molecule has 5 nitrogen and oxygen atoms in total. The third kappa shape index (κ3) is 4.33. The molecule has 0 unspecified atom stereocenters. The lowest BCUT2D eigenvalue weighted by Crippen LogP contribution is -2.50. The van der Waals surface area contributed by atoms with Gasteiger partial charge < -0.3 is 0 Å². The molecular weight excluding hydrogens is 237 g/mol. The van der Waals surface area contributed by atoms with Crippen LogP contribution in [0.3, 0.4) is 0 Å². The third-order valence-electron chi connectivity index (χ3n) is 2.06. The van der Waals surface area contributed by atoms with E-state index in [4.69, 9.17) is 4.55 Å². The molecule has 1 N–H and O–H groups in total. The van der Waals surface area contributed by atoms with Gasteiger partial charge in [0.2, 0.25) is 0 Å². The number of piperazine rings is 1. The van der Waals surface area contributed by atoms with Gasteiger partial charge in [-0.2, -0.15) is 25.9 Å². The Morgan fingerprint density at radius 2 is 1.60 bits per heavy atom. The van der Waals surface area contributed by atoms with E-state index in [1.165, 1.54) is 0 Å². The molecule has 0 atom stereocenters. The Bertz CT molecular complexity index is 308. The van der Waals surface area contributed by atoms with Crippen LogP contribution in [0.1, 0.15) is 0 Å². The molecular formula is C6H11F3N2O3S. The Morgan fingerprint density at radius 3 is 1.93 bits per heavy atom. The summed E-state index contributed by atoms with van der Waals surface area (Å²) in [4.78, 5) is 1.10. The highest BCUT2D eigenvalue weighted by Crippen LogP contribution is 2.17. The first kappa shape index (κ1) is 12.7. The van der Waals surface area contributed by atoms with Crippen LogP contribution in [-0.4, -0.2) is 61.1 Å². The number of alkyl halides is 3. The molecule has 1 aliphatic heterocycles.